The number of rotatable bonds is 5. The summed E-state index contributed by atoms with van der Waals surface area (Å²) in [6.45, 7) is -0.596. The van der Waals surface area contributed by atoms with Gasteiger partial charge in [-0.25, -0.2) is 0 Å². The number of carbonyl (C=O) groups is 1. The van der Waals surface area contributed by atoms with Crippen LogP contribution in [0.5, 0.6) is 0 Å². The van der Waals surface area contributed by atoms with E-state index in [0.29, 0.717) is 28.7 Å². The summed E-state index contributed by atoms with van der Waals surface area (Å²) in [6, 6.07) is 12.7. The summed E-state index contributed by atoms with van der Waals surface area (Å²) in [5.74, 6) is -0.766. The average molecular weight is 478 g/mol. The van der Waals surface area contributed by atoms with Crippen molar-refractivity contribution in [2.45, 2.75) is 25.4 Å². The lowest BCUT2D eigenvalue weighted by atomic mass is 10.0. The lowest BCUT2D eigenvalue weighted by Gasteiger charge is -2.23. The van der Waals surface area contributed by atoms with Crippen LogP contribution in [0.15, 0.2) is 77.5 Å². The number of alkyl halides is 6. The SMILES string of the molecule is O=C(c1cc2ccccc2o1)N(Cc1ccncc1)Cc1cc(C(F)(F)F)cc(C(F)(F)F)c1. The van der Waals surface area contributed by atoms with Gasteiger partial charge in [0.2, 0.25) is 0 Å². The van der Waals surface area contributed by atoms with E-state index in [-0.39, 0.29) is 23.9 Å². The Morgan fingerprint density at radius 2 is 1.38 bits per heavy atom. The Bertz CT molecular complexity index is 1250. The molecule has 4 nitrogen and oxygen atoms in total. The summed E-state index contributed by atoms with van der Waals surface area (Å²) in [5, 5.41) is 0.633. The third kappa shape index (κ3) is 5.22. The molecule has 10 heteroatoms. The molecular weight excluding hydrogens is 462 g/mol. The highest BCUT2D eigenvalue weighted by atomic mass is 19.4. The second-order valence-corrected chi connectivity index (χ2v) is 7.58. The Hall–Kier alpha value is -3.82. The number of fused-ring (bicyclic) bond motifs is 1. The normalized spacial score (nSPS) is 12.2. The highest BCUT2D eigenvalue weighted by molar-refractivity contribution is 5.96. The molecule has 0 aliphatic rings. The van der Waals surface area contributed by atoms with Crippen LogP contribution in [0.1, 0.15) is 32.8 Å². The summed E-state index contributed by atoms with van der Waals surface area (Å²) in [6.07, 6.45) is -7.06. The molecule has 0 fully saturated rings. The quantitative estimate of drug-likeness (QED) is 0.300. The Balaban J connectivity index is 1.74. The van der Waals surface area contributed by atoms with E-state index < -0.39 is 35.9 Å². The van der Waals surface area contributed by atoms with Gasteiger partial charge in [0.1, 0.15) is 5.58 Å². The molecule has 2 aromatic heterocycles. The second-order valence-electron chi connectivity index (χ2n) is 7.58. The van der Waals surface area contributed by atoms with Gasteiger partial charge in [-0.15, -0.1) is 0 Å². The minimum absolute atomic E-state index is 0.0533. The Labute approximate surface area is 189 Å². The lowest BCUT2D eigenvalue weighted by molar-refractivity contribution is -0.143. The van der Waals surface area contributed by atoms with Crippen LogP contribution in [0, 0.1) is 0 Å². The Morgan fingerprint density at radius 3 is 1.97 bits per heavy atom. The van der Waals surface area contributed by atoms with Gasteiger partial charge in [-0.3, -0.25) is 9.78 Å². The predicted molar refractivity (Wildman–Crippen MR) is 110 cm³/mol. The van der Waals surface area contributed by atoms with Crippen LogP contribution in [0.25, 0.3) is 11.0 Å². The molecular formula is C24H16F6N2O2. The molecule has 34 heavy (non-hydrogen) atoms. The lowest BCUT2D eigenvalue weighted by Crippen LogP contribution is -2.30. The van der Waals surface area contributed by atoms with Crippen LogP contribution < -0.4 is 0 Å². The van der Waals surface area contributed by atoms with E-state index in [1.165, 1.54) is 18.5 Å². The molecule has 0 aliphatic carbocycles. The fourth-order valence-electron chi connectivity index (χ4n) is 3.48. The zero-order valence-electron chi connectivity index (χ0n) is 17.3. The number of furan rings is 1. The average Bonchev–Trinajstić information content (AvgIpc) is 3.22. The minimum atomic E-state index is -4.99. The third-order valence-corrected chi connectivity index (χ3v) is 5.07. The molecule has 0 aliphatic heterocycles. The van der Waals surface area contributed by atoms with Crippen LogP contribution in [0.4, 0.5) is 26.3 Å². The highest BCUT2D eigenvalue weighted by Gasteiger charge is 2.37. The summed E-state index contributed by atoms with van der Waals surface area (Å²) in [7, 11) is 0. The first kappa shape index (κ1) is 23.3. The number of carbonyl (C=O) groups excluding carboxylic acids is 1. The van der Waals surface area contributed by atoms with E-state index >= 15 is 0 Å². The minimum Gasteiger partial charge on any atom is -0.451 e. The number of hydrogen-bond donors (Lipinski definition) is 0. The Morgan fingerprint density at radius 1 is 0.794 bits per heavy atom. The number of benzene rings is 2. The van der Waals surface area contributed by atoms with Gasteiger partial charge < -0.3 is 9.32 Å². The van der Waals surface area contributed by atoms with Crippen molar-refractivity contribution in [3.8, 4) is 0 Å². The maximum atomic E-state index is 13.3. The summed E-state index contributed by atoms with van der Waals surface area (Å²) >= 11 is 0. The number of nitrogens with zero attached hydrogens (tertiary/aromatic N) is 2. The fraction of sp³-hybridized carbons (Fsp3) is 0.167. The maximum absolute atomic E-state index is 13.3. The van der Waals surface area contributed by atoms with Crippen LogP contribution >= 0.6 is 0 Å². The van der Waals surface area contributed by atoms with Gasteiger partial charge >= 0.3 is 12.4 Å². The van der Waals surface area contributed by atoms with Crippen molar-refractivity contribution in [3.05, 3.63) is 101 Å². The van der Waals surface area contributed by atoms with Crippen molar-refractivity contribution in [2.24, 2.45) is 0 Å². The standard InChI is InChI=1S/C24H16F6N2O2/c25-23(26,27)18-9-16(10-19(12-18)24(28,29)30)14-32(13-15-5-7-31-8-6-15)22(33)21-11-17-3-1-2-4-20(17)34-21/h1-12H,13-14H2. The number of hydrogen-bond acceptors (Lipinski definition) is 3. The van der Waals surface area contributed by atoms with Gasteiger partial charge in [-0.05, 0) is 53.6 Å². The summed E-state index contributed by atoms with van der Waals surface area (Å²) < 4.78 is 85.3. The largest absolute Gasteiger partial charge is 0.451 e. The molecule has 4 rings (SSSR count). The van der Waals surface area contributed by atoms with Crippen LogP contribution in [0.2, 0.25) is 0 Å². The van der Waals surface area contributed by atoms with Crippen LogP contribution in [-0.4, -0.2) is 15.8 Å². The molecule has 0 radical (unpaired) electrons. The Kier molecular flexibility index (Phi) is 6.07. The monoisotopic (exact) mass is 478 g/mol. The van der Waals surface area contributed by atoms with Crippen molar-refractivity contribution in [3.63, 3.8) is 0 Å². The van der Waals surface area contributed by atoms with Gasteiger partial charge in [-0.2, -0.15) is 26.3 Å². The van der Waals surface area contributed by atoms with Crippen LogP contribution in [0.3, 0.4) is 0 Å². The van der Waals surface area contributed by atoms with E-state index in [4.69, 9.17) is 4.42 Å². The van der Waals surface area contributed by atoms with E-state index in [2.05, 4.69) is 4.98 Å². The first-order chi connectivity index (χ1) is 16.0. The van der Waals surface area contributed by atoms with Gasteiger partial charge in [0.15, 0.2) is 5.76 Å². The smallest absolute Gasteiger partial charge is 0.416 e. The molecule has 0 atom stereocenters. The van der Waals surface area contributed by atoms with Crippen molar-refractivity contribution in [1.29, 1.82) is 0 Å². The molecule has 176 valence electrons. The number of aromatic nitrogens is 1. The zero-order valence-corrected chi connectivity index (χ0v) is 17.3. The topological polar surface area (TPSA) is 46.3 Å². The fourth-order valence-corrected chi connectivity index (χ4v) is 3.48. The van der Waals surface area contributed by atoms with Crippen LogP contribution in [-0.2, 0) is 25.4 Å². The first-order valence-electron chi connectivity index (χ1n) is 9.96. The third-order valence-electron chi connectivity index (χ3n) is 5.07. The zero-order chi connectivity index (χ0) is 24.5. The van der Waals surface area contributed by atoms with Gasteiger partial charge in [-0.1, -0.05) is 18.2 Å². The molecule has 2 aromatic carbocycles. The molecule has 4 aromatic rings. The molecule has 1 amide bonds. The van der Waals surface area contributed by atoms with Crippen molar-refractivity contribution >= 4 is 16.9 Å². The second kappa shape index (κ2) is 8.85. The molecule has 0 saturated heterocycles. The first-order valence-corrected chi connectivity index (χ1v) is 9.96. The van der Waals surface area contributed by atoms with E-state index in [9.17, 15) is 31.1 Å². The molecule has 0 spiro atoms. The van der Waals surface area contributed by atoms with E-state index in [1.807, 2.05) is 0 Å². The van der Waals surface area contributed by atoms with Crippen molar-refractivity contribution in [1.82, 2.24) is 9.88 Å². The van der Waals surface area contributed by atoms with Crippen molar-refractivity contribution < 1.29 is 35.6 Å². The predicted octanol–water partition coefficient (Wildman–Crippen LogP) is 6.71. The van der Waals surface area contributed by atoms with Gasteiger partial charge in [0, 0.05) is 30.9 Å². The number of pyridine rings is 1. The number of halogens is 6. The van der Waals surface area contributed by atoms with Crippen molar-refractivity contribution in [2.75, 3.05) is 0 Å². The summed E-state index contributed by atoms with van der Waals surface area (Å²) in [5.41, 5.74) is -2.20. The van der Waals surface area contributed by atoms with E-state index in [1.54, 1.807) is 36.4 Å². The maximum Gasteiger partial charge on any atom is 0.416 e. The molecule has 2 heterocycles. The number of para-hydroxylation sites is 1. The molecule has 0 N–H and O–H groups in total. The number of amides is 1. The highest BCUT2D eigenvalue weighted by Crippen LogP contribution is 2.36. The molecule has 0 saturated carbocycles. The van der Waals surface area contributed by atoms with Gasteiger partial charge in [0.05, 0.1) is 11.1 Å². The summed E-state index contributed by atoms with van der Waals surface area (Å²) in [4.78, 5) is 18.3. The molecule has 0 unspecified atom stereocenters. The van der Waals surface area contributed by atoms with Gasteiger partial charge in [0.25, 0.3) is 5.91 Å². The molecule has 0 bridgehead atoms. The van der Waals surface area contributed by atoms with E-state index in [0.717, 1.165) is 4.90 Å².